The van der Waals surface area contributed by atoms with E-state index in [1.807, 2.05) is 12.3 Å². The summed E-state index contributed by atoms with van der Waals surface area (Å²) in [6, 6.07) is 6.83. The van der Waals surface area contributed by atoms with E-state index in [1.54, 1.807) is 0 Å². The zero-order valence-electron chi connectivity index (χ0n) is 8.99. The molecule has 3 nitrogen and oxygen atoms in total. The Balaban J connectivity index is 2.10. The fourth-order valence-electron chi connectivity index (χ4n) is 2.43. The topological polar surface area (TPSA) is 29.9 Å². The number of nitrogens with one attached hydrogen (secondary N) is 1. The molecule has 2 aromatic rings. The first kappa shape index (κ1) is 10.3. The SMILES string of the molecule is Brc1cc2cccnc2n1C1CCNCC1. The van der Waals surface area contributed by atoms with E-state index in [4.69, 9.17) is 0 Å². The fourth-order valence-corrected chi connectivity index (χ4v) is 3.14. The van der Waals surface area contributed by atoms with Crippen LogP contribution in [0.5, 0.6) is 0 Å². The molecule has 0 bridgehead atoms. The second-order valence-electron chi connectivity index (χ2n) is 4.23. The minimum atomic E-state index is 0.572. The molecule has 0 spiro atoms. The van der Waals surface area contributed by atoms with Crippen molar-refractivity contribution in [3.8, 4) is 0 Å². The van der Waals surface area contributed by atoms with Gasteiger partial charge in [0.05, 0.1) is 4.60 Å². The predicted molar refractivity (Wildman–Crippen MR) is 68.6 cm³/mol. The van der Waals surface area contributed by atoms with Gasteiger partial charge in [-0.3, -0.25) is 0 Å². The minimum Gasteiger partial charge on any atom is -0.317 e. The van der Waals surface area contributed by atoms with Crippen molar-refractivity contribution in [2.45, 2.75) is 18.9 Å². The molecule has 1 fully saturated rings. The predicted octanol–water partition coefficient (Wildman–Crippen LogP) is 2.72. The number of hydrogen-bond acceptors (Lipinski definition) is 2. The van der Waals surface area contributed by atoms with Gasteiger partial charge < -0.3 is 9.88 Å². The Bertz CT molecular complexity index is 500. The standard InChI is InChI=1S/C12H14BrN3/c13-11-8-9-2-1-5-15-12(9)16(11)10-3-6-14-7-4-10/h1-2,5,8,10,14H,3-4,6-7H2. The quantitative estimate of drug-likeness (QED) is 0.870. The summed E-state index contributed by atoms with van der Waals surface area (Å²) in [4.78, 5) is 4.49. The molecule has 3 rings (SSSR count). The number of hydrogen-bond donors (Lipinski definition) is 1. The highest BCUT2D eigenvalue weighted by molar-refractivity contribution is 9.10. The third kappa shape index (κ3) is 1.66. The van der Waals surface area contributed by atoms with Gasteiger partial charge in [-0.15, -0.1) is 0 Å². The lowest BCUT2D eigenvalue weighted by atomic mass is 10.1. The number of nitrogens with zero attached hydrogens (tertiary/aromatic N) is 2. The molecule has 0 saturated carbocycles. The van der Waals surface area contributed by atoms with Crippen LogP contribution in [0.3, 0.4) is 0 Å². The van der Waals surface area contributed by atoms with Crippen LogP contribution in [0.1, 0.15) is 18.9 Å². The van der Waals surface area contributed by atoms with E-state index in [0.717, 1.165) is 23.3 Å². The number of pyridine rings is 1. The Morgan fingerprint density at radius 3 is 3.00 bits per heavy atom. The van der Waals surface area contributed by atoms with Crippen LogP contribution in [0.15, 0.2) is 29.0 Å². The maximum atomic E-state index is 4.49. The molecule has 0 aromatic carbocycles. The normalized spacial score (nSPS) is 18.1. The van der Waals surface area contributed by atoms with Gasteiger partial charge in [0.2, 0.25) is 0 Å². The lowest BCUT2D eigenvalue weighted by Gasteiger charge is -2.25. The van der Waals surface area contributed by atoms with Gasteiger partial charge in [-0.1, -0.05) is 0 Å². The highest BCUT2D eigenvalue weighted by Gasteiger charge is 2.19. The molecule has 1 N–H and O–H groups in total. The Morgan fingerprint density at radius 2 is 2.19 bits per heavy atom. The maximum Gasteiger partial charge on any atom is 0.140 e. The molecule has 16 heavy (non-hydrogen) atoms. The van der Waals surface area contributed by atoms with Crippen molar-refractivity contribution in [1.29, 1.82) is 0 Å². The van der Waals surface area contributed by atoms with E-state index in [9.17, 15) is 0 Å². The molecule has 0 atom stereocenters. The van der Waals surface area contributed by atoms with E-state index in [1.165, 1.54) is 18.2 Å². The lowest BCUT2D eigenvalue weighted by molar-refractivity contribution is 0.371. The van der Waals surface area contributed by atoms with Crippen molar-refractivity contribution >= 4 is 27.0 Å². The molecule has 1 aliphatic rings. The zero-order chi connectivity index (χ0) is 11.0. The summed E-state index contributed by atoms with van der Waals surface area (Å²) in [5.41, 5.74) is 1.10. The van der Waals surface area contributed by atoms with Crippen molar-refractivity contribution in [2.24, 2.45) is 0 Å². The van der Waals surface area contributed by atoms with Crippen LogP contribution in [-0.4, -0.2) is 22.6 Å². The van der Waals surface area contributed by atoms with Crippen LogP contribution in [0, 0.1) is 0 Å². The Kier molecular flexibility index (Phi) is 2.69. The molecular weight excluding hydrogens is 266 g/mol. The van der Waals surface area contributed by atoms with Crippen molar-refractivity contribution in [3.63, 3.8) is 0 Å². The van der Waals surface area contributed by atoms with Gasteiger partial charge in [-0.25, -0.2) is 4.98 Å². The monoisotopic (exact) mass is 279 g/mol. The van der Waals surface area contributed by atoms with E-state index < -0.39 is 0 Å². The smallest absolute Gasteiger partial charge is 0.140 e. The summed E-state index contributed by atoms with van der Waals surface area (Å²) >= 11 is 3.65. The first-order chi connectivity index (χ1) is 7.86. The highest BCUT2D eigenvalue weighted by Crippen LogP contribution is 2.30. The fraction of sp³-hybridized carbons (Fsp3) is 0.417. The molecule has 0 aliphatic carbocycles. The summed E-state index contributed by atoms with van der Waals surface area (Å²) in [6.07, 6.45) is 4.23. The first-order valence-corrected chi connectivity index (χ1v) is 6.48. The average molecular weight is 280 g/mol. The first-order valence-electron chi connectivity index (χ1n) is 5.68. The molecule has 0 amide bonds. The second-order valence-corrected chi connectivity index (χ2v) is 5.05. The summed E-state index contributed by atoms with van der Waals surface area (Å²) in [6.45, 7) is 2.20. The molecule has 3 heterocycles. The van der Waals surface area contributed by atoms with Gasteiger partial charge in [-0.2, -0.15) is 0 Å². The van der Waals surface area contributed by atoms with Crippen LogP contribution in [-0.2, 0) is 0 Å². The van der Waals surface area contributed by atoms with Gasteiger partial charge in [0.1, 0.15) is 5.65 Å². The summed E-state index contributed by atoms with van der Waals surface area (Å²) in [7, 11) is 0. The van der Waals surface area contributed by atoms with E-state index in [-0.39, 0.29) is 0 Å². The Morgan fingerprint density at radius 1 is 1.38 bits per heavy atom. The molecule has 0 unspecified atom stereocenters. The minimum absolute atomic E-state index is 0.572. The summed E-state index contributed by atoms with van der Waals surface area (Å²) < 4.78 is 3.48. The highest BCUT2D eigenvalue weighted by atomic mass is 79.9. The van der Waals surface area contributed by atoms with E-state index >= 15 is 0 Å². The van der Waals surface area contributed by atoms with Gasteiger partial charge in [0, 0.05) is 17.6 Å². The number of rotatable bonds is 1. The van der Waals surface area contributed by atoms with Gasteiger partial charge in [0.15, 0.2) is 0 Å². The van der Waals surface area contributed by atoms with Crippen molar-refractivity contribution < 1.29 is 0 Å². The molecule has 1 aliphatic heterocycles. The van der Waals surface area contributed by atoms with Crippen molar-refractivity contribution in [2.75, 3.05) is 13.1 Å². The number of aromatic nitrogens is 2. The Labute approximate surface area is 103 Å². The summed E-state index contributed by atoms with van der Waals surface area (Å²) in [5.74, 6) is 0. The van der Waals surface area contributed by atoms with Gasteiger partial charge in [-0.05, 0) is 60.1 Å². The maximum absolute atomic E-state index is 4.49. The summed E-state index contributed by atoms with van der Waals surface area (Å²) in [5, 5.41) is 4.61. The molecule has 4 heteroatoms. The van der Waals surface area contributed by atoms with Crippen molar-refractivity contribution in [3.05, 3.63) is 29.0 Å². The Hall–Kier alpha value is -0.870. The lowest BCUT2D eigenvalue weighted by Crippen LogP contribution is -2.29. The van der Waals surface area contributed by atoms with Crippen LogP contribution >= 0.6 is 15.9 Å². The van der Waals surface area contributed by atoms with Crippen molar-refractivity contribution in [1.82, 2.24) is 14.9 Å². The van der Waals surface area contributed by atoms with Crippen LogP contribution < -0.4 is 5.32 Å². The largest absolute Gasteiger partial charge is 0.317 e. The zero-order valence-corrected chi connectivity index (χ0v) is 10.6. The van der Waals surface area contributed by atoms with Gasteiger partial charge >= 0.3 is 0 Å². The average Bonchev–Trinajstić information content (AvgIpc) is 2.66. The molecule has 2 aromatic heterocycles. The third-order valence-electron chi connectivity index (χ3n) is 3.22. The molecule has 1 saturated heterocycles. The van der Waals surface area contributed by atoms with Crippen LogP contribution in [0.2, 0.25) is 0 Å². The van der Waals surface area contributed by atoms with E-state index in [0.29, 0.717) is 6.04 Å². The van der Waals surface area contributed by atoms with Crippen LogP contribution in [0.4, 0.5) is 0 Å². The molecule has 84 valence electrons. The van der Waals surface area contributed by atoms with Gasteiger partial charge in [0.25, 0.3) is 0 Å². The number of piperidine rings is 1. The number of halogens is 1. The van der Waals surface area contributed by atoms with Crippen LogP contribution in [0.25, 0.3) is 11.0 Å². The number of fused-ring (bicyclic) bond motifs is 1. The second kappa shape index (κ2) is 4.18. The molecule has 0 radical (unpaired) electrons. The molecular formula is C12H14BrN3. The van der Waals surface area contributed by atoms with E-state index in [2.05, 4.69) is 42.9 Å². The third-order valence-corrected chi connectivity index (χ3v) is 3.83.